The van der Waals surface area contributed by atoms with Gasteiger partial charge in [0.1, 0.15) is 0 Å². The van der Waals surface area contributed by atoms with Crippen molar-refractivity contribution in [1.29, 1.82) is 0 Å². The Morgan fingerprint density at radius 1 is 1.43 bits per heavy atom. The molecule has 2 aromatic rings. The van der Waals surface area contributed by atoms with Crippen LogP contribution >= 0.6 is 22.9 Å². The molecule has 74 valence electrons. The number of aliphatic hydroxyl groups is 1. The maximum Gasteiger partial charge on any atom is 0.0695 e. The predicted molar refractivity (Wildman–Crippen MR) is 62.1 cm³/mol. The highest BCUT2D eigenvalue weighted by molar-refractivity contribution is 7.17. The summed E-state index contributed by atoms with van der Waals surface area (Å²) < 4.78 is 1.11. The summed E-state index contributed by atoms with van der Waals surface area (Å²) in [5.41, 5.74) is 2.10. The molecule has 0 radical (unpaired) electrons. The fourth-order valence-corrected chi connectivity index (χ4v) is 2.93. The normalized spacial score (nSPS) is 11.1. The van der Waals surface area contributed by atoms with Crippen LogP contribution in [-0.2, 0) is 13.0 Å². The second-order valence-corrected chi connectivity index (χ2v) is 4.48. The topological polar surface area (TPSA) is 20.2 Å². The van der Waals surface area contributed by atoms with E-state index in [-0.39, 0.29) is 6.61 Å². The highest BCUT2D eigenvalue weighted by Crippen LogP contribution is 2.34. The van der Waals surface area contributed by atoms with Gasteiger partial charge in [0.15, 0.2) is 0 Å². The van der Waals surface area contributed by atoms with Crippen LogP contribution in [-0.4, -0.2) is 5.11 Å². The van der Waals surface area contributed by atoms with Gasteiger partial charge in [-0.1, -0.05) is 24.6 Å². The third-order valence-electron chi connectivity index (χ3n) is 2.37. The Bertz CT molecular complexity index is 462. The summed E-state index contributed by atoms with van der Waals surface area (Å²) in [5.74, 6) is 0. The monoisotopic (exact) mass is 226 g/mol. The first kappa shape index (κ1) is 9.97. The van der Waals surface area contributed by atoms with Crippen molar-refractivity contribution in [3.8, 4) is 0 Å². The van der Waals surface area contributed by atoms with Crippen LogP contribution in [0, 0.1) is 0 Å². The molecule has 0 saturated carbocycles. The molecule has 0 bridgehead atoms. The van der Waals surface area contributed by atoms with Gasteiger partial charge in [0, 0.05) is 10.1 Å². The number of rotatable bonds is 2. The third kappa shape index (κ3) is 1.44. The van der Waals surface area contributed by atoms with Crippen molar-refractivity contribution < 1.29 is 5.11 Å². The minimum absolute atomic E-state index is 0.0845. The van der Waals surface area contributed by atoms with Gasteiger partial charge in [0.2, 0.25) is 0 Å². The van der Waals surface area contributed by atoms with Crippen molar-refractivity contribution in [2.24, 2.45) is 0 Å². The van der Waals surface area contributed by atoms with E-state index in [4.69, 9.17) is 11.6 Å². The average Bonchev–Trinajstić information content (AvgIpc) is 2.68. The molecule has 0 saturated heterocycles. The Morgan fingerprint density at radius 2 is 2.21 bits per heavy atom. The van der Waals surface area contributed by atoms with E-state index in [2.05, 4.69) is 6.92 Å². The number of thiophene rings is 1. The van der Waals surface area contributed by atoms with Crippen LogP contribution in [0.25, 0.3) is 10.1 Å². The van der Waals surface area contributed by atoms with Crippen LogP contribution in [0.5, 0.6) is 0 Å². The third-order valence-corrected chi connectivity index (χ3v) is 3.81. The SMILES string of the molecule is CCc1cc(CO)c2sccc2c1Cl. The first-order chi connectivity index (χ1) is 6.77. The first-order valence-electron chi connectivity index (χ1n) is 4.56. The quantitative estimate of drug-likeness (QED) is 0.830. The lowest BCUT2D eigenvalue weighted by Gasteiger charge is -2.06. The maximum atomic E-state index is 9.23. The molecule has 0 aliphatic heterocycles. The molecule has 0 amide bonds. The van der Waals surface area contributed by atoms with Crippen LogP contribution in [0.4, 0.5) is 0 Å². The van der Waals surface area contributed by atoms with Gasteiger partial charge in [-0.3, -0.25) is 0 Å². The van der Waals surface area contributed by atoms with Crippen molar-refractivity contribution >= 4 is 33.0 Å². The molecular formula is C11H11ClOS. The van der Waals surface area contributed by atoms with Crippen molar-refractivity contribution in [1.82, 2.24) is 0 Å². The van der Waals surface area contributed by atoms with Crippen molar-refractivity contribution in [3.63, 3.8) is 0 Å². The molecule has 3 heteroatoms. The standard InChI is InChI=1S/C11H11ClOS/c1-2-7-5-8(6-13)11-9(10(7)12)3-4-14-11/h3-5,13H,2,6H2,1H3. The molecule has 0 spiro atoms. The highest BCUT2D eigenvalue weighted by atomic mass is 35.5. The number of halogens is 1. The summed E-state index contributed by atoms with van der Waals surface area (Å²) in [7, 11) is 0. The molecule has 0 atom stereocenters. The molecule has 14 heavy (non-hydrogen) atoms. The minimum atomic E-state index is 0.0845. The Balaban J connectivity index is 2.80. The van der Waals surface area contributed by atoms with Gasteiger partial charge in [-0.2, -0.15) is 0 Å². The minimum Gasteiger partial charge on any atom is -0.392 e. The summed E-state index contributed by atoms with van der Waals surface area (Å²) in [4.78, 5) is 0. The number of hydrogen-bond donors (Lipinski definition) is 1. The van der Waals surface area contributed by atoms with Gasteiger partial charge >= 0.3 is 0 Å². The largest absolute Gasteiger partial charge is 0.392 e. The lowest BCUT2D eigenvalue weighted by molar-refractivity contribution is 0.283. The van der Waals surface area contributed by atoms with E-state index in [1.807, 2.05) is 17.5 Å². The van der Waals surface area contributed by atoms with Crippen LogP contribution in [0.1, 0.15) is 18.1 Å². The van der Waals surface area contributed by atoms with E-state index in [0.717, 1.165) is 32.7 Å². The fourth-order valence-electron chi connectivity index (χ4n) is 1.62. The summed E-state index contributed by atoms with van der Waals surface area (Å²) in [5, 5.41) is 13.1. The molecule has 0 aliphatic carbocycles. The Labute approximate surface area is 91.9 Å². The Morgan fingerprint density at radius 3 is 2.86 bits per heavy atom. The fraction of sp³-hybridized carbons (Fsp3) is 0.273. The molecule has 1 aromatic carbocycles. The second-order valence-electron chi connectivity index (χ2n) is 3.18. The molecule has 1 heterocycles. The summed E-state index contributed by atoms with van der Waals surface area (Å²) in [6.45, 7) is 2.15. The van der Waals surface area contributed by atoms with Crippen LogP contribution < -0.4 is 0 Å². The first-order valence-corrected chi connectivity index (χ1v) is 5.82. The van der Waals surface area contributed by atoms with E-state index in [1.165, 1.54) is 0 Å². The summed E-state index contributed by atoms with van der Waals surface area (Å²) >= 11 is 7.86. The van der Waals surface area contributed by atoms with Crippen LogP contribution in [0.2, 0.25) is 5.02 Å². The summed E-state index contributed by atoms with van der Waals surface area (Å²) in [6, 6.07) is 4.02. The molecule has 2 rings (SSSR count). The summed E-state index contributed by atoms with van der Waals surface area (Å²) in [6.07, 6.45) is 0.900. The zero-order valence-electron chi connectivity index (χ0n) is 7.88. The van der Waals surface area contributed by atoms with Gasteiger partial charge in [0.25, 0.3) is 0 Å². The zero-order valence-corrected chi connectivity index (χ0v) is 9.45. The van der Waals surface area contributed by atoms with Crippen LogP contribution in [0.3, 0.4) is 0 Å². The van der Waals surface area contributed by atoms with E-state index < -0.39 is 0 Å². The average molecular weight is 227 g/mol. The molecular weight excluding hydrogens is 216 g/mol. The van der Waals surface area contributed by atoms with Crippen molar-refractivity contribution in [2.75, 3.05) is 0 Å². The molecule has 0 aliphatic rings. The number of fused-ring (bicyclic) bond motifs is 1. The lowest BCUT2D eigenvalue weighted by atomic mass is 10.1. The molecule has 1 N–H and O–H groups in total. The second kappa shape index (κ2) is 3.89. The lowest BCUT2D eigenvalue weighted by Crippen LogP contribution is -1.89. The molecule has 1 aromatic heterocycles. The Hall–Kier alpha value is -0.570. The number of aryl methyl sites for hydroxylation is 1. The van der Waals surface area contributed by atoms with Crippen molar-refractivity contribution in [2.45, 2.75) is 20.0 Å². The van der Waals surface area contributed by atoms with Gasteiger partial charge in [-0.25, -0.2) is 0 Å². The van der Waals surface area contributed by atoms with Gasteiger partial charge < -0.3 is 5.11 Å². The molecule has 0 unspecified atom stereocenters. The van der Waals surface area contributed by atoms with Gasteiger partial charge in [-0.15, -0.1) is 11.3 Å². The van der Waals surface area contributed by atoms with Crippen LogP contribution in [0.15, 0.2) is 17.5 Å². The van der Waals surface area contributed by atoms with E-state index >= 15 is 0 Å². The maximum absolute atomic E-state index is 9.23. The number of hydrogen-bond acceptors (Lipinski definition) is 2. The predicted octanol–water partition coefficient (Wildman–Crippen LogP) is 3.61. The number of benzene rings is 1. The van der Waals surface area contributed by atoms with E-state index in [0.29, 0.717) is 0 Å². The molecule has 0 fully saturated rings. The Kier molecular flexibility index (Phi) is 2.77. The number of aliphatic hydroxyl groups excluding tert-OH is 1. The van der Waals surface area contributed by atoms with Crippen molar-refractivity contribution in [3.05, 3.63) is 33.7 Å². The van der Waals surface area contributed by atoms with E-state index in [9.17, 15) is 5.11 Å². The van der Waals surface area contributed by atoms with Gasteiger partial charge in [-0.05, 0) is 29.0 Å². The zero-order chi connectivity index (χ0) is 10.1. The highest BCUT2D eigenvalue weighted by Gasteiger charge is 2.09. The smallest absolute Gasteiger partial charge is 0.0695 e. The van der Waals surface area contributed by atoms with E-state index in [1.54, 1.807) is 11.3 Å². The molecule has 1 nitrogen and oxygen atoms in total. The van der Waals surface area contributed by atoms with Gasteiger partial charge in [0.05, 0.1) is 11.6 Å².